The molecule has 0 spiro atoms. The molecule has 0 aromatic heterocycles. The van der Waals surface area contributed by atoms with E-state index in [2.05, 4.69) is 0 Å². The van der Waals surface area contributed by atoms with Crippen LogP contribution in [0.5, 0.6) is 0 Å². The lowest BCUT2D eigenvalue weighted by atomic mass is 10.1. The van der Waals surface area contributed by atoms with E-state index in [4.69, 9.17) is 0 Å². The standard InChI is InChI=1S/C12H17NO3S/c1-4-12(14)10-7-6-8-11(9-10)17(15,16)13(3)5-2/h6-9H,4-5H2,1-3H3. The Morgan fingerprint density at radius 1 is 1.29 bits per heavy atom. The van der Waals surface area contributed by atoms with Gasteiger partial charge < -0.3 is 0 Å². The molecule has 0 bridgehead atoms. The molecule has 1 rings (SSSR count). The van der Waals surface area contributed by atoms with Crippen molar-refractivity contribution in [2.24, 2.45) is 0 Å². The predicted molar refractivity (Wildman–Crippen MR) is 66.6 cm³/mol. The maximum absolute atomic E-state index is 12.0. The second-order valence-electron chi connectivity index (χ2n) is 3.72. The van der Waals surface area contributed by atoms with Crippen molar-refractivity contribution in [1.82, 2.24) is 4.31 Å². The van der Waals surface area contributed by atoms with Crippen LogP contribution in [-0.4, -0.2) is 32.1 Å². The molecule has 17 heavy (non-hydrogen) atoms. The van der Waals surface area contributed by atoms with Gasteiger partial charge in [-0.1, -0.05) is 26.0 Å². The Labute approximate surface area is 102 Å². The van der Waals surface area contributed by atoms with Crippen LogP contribution >= 0.6 is 0 Å². The first-order valence-electron chi connectivity index (χ1n) is 5.53. The molecule has 0 aliphatic heterocycles. The highest BCUT2D eigenvalue weighted by Gasteiger charge is 2.19. The zero-order valence-corrected chi connectivity index (χ0v) is 11.1. The average molecular weight is 255 g/mol. The monoisotopic (exact) mass is 255 g/mol. The van der Waals surface area contributed by atoms with Crippen molar-refractivity contribution in [3.05, 3.63) is 29.8 Å². The minimum atomic E-state index is -3.47. The number of rotatable bonds is 5. The number of hydrogen-bond donors (Lipinski definition) is 0. The molecule has 0 heterocycles. The van der Waals surface area contributed by atoms with Crippen LogP contribution in [0.15, 0.2) is 29.2 Å². The van der Waals surface area contributed by atoms with Crippen LogP contribution in [0.3, 0.4) is 0 Å². The quantitative estimate of drug-likeness (QED) is 0.755. The van der Waals surface area contributed by atoms with E-state index in [1.807, 2.05) is 0 Å². The number of hydrogen-bond acceptors (Lipinski definition) is 3. The largest absolute Gasteiger partial charge is 0.294 e. The number of sulfonamides is 1. The van der Waals surface area contributed by atoms with Gasteiger partial charge in [-0.15, -0.1) is 0 Å². The van der Waals surface area contributed by atoms with Gasteiger partial charge in [0, 0.05) is 25.6 Å². The summed E-state index contributed by atoms with van der Waals surface area (Å²) in [5, 5.41) is 0. The van der Waals surface area contributed by atoms with E-state index in [9.17, 15) is 13.2 Å². The molecule has 0 radical (unpaired) electrons. The zero-order chi connectivity index (χ0) is 13.1. The fourth-order valence-electron chi connectivity index (χ4n) is 1.38. The van der Waals surface area contributed by atoms with E-state index in [1.165, 1.54) is 23.5 Å². The van der Waals surface area contributed by atoms with E-state index < -0.39 is 10.0 Å². The minimum absolute atomic E-state index is 0.0544. The van der Waals surface area contributed by atoms with Gasteiger partial charge in [0.2, 0.25) is 10.0 Å². The highest BCUT2D eigenvalue weighted by Crippen LogP contribution is 2.16. The first kappa shape index (κ1) is 13.9. The Morgan fingerprint density at radius 3 is 2.47 bits per heavy atom. The summed E-state index contributed by atoms with van der Waals surface area (Å²) in [5.74, 6) is -0.0544. The van der Waals surface area contributed by atoms with E-state index in [0.717, 1.165) is 0 Å². The molecule has 0 atom stereocenters. The third-order valence-corrected chi connectivity index (χ3v) is 4.56. The molecule has 94 valence electrons. The fourth-order valence-corrected chi connectivity index (χ4v) is 2.61. The molecule has 5 heteroatoms. The zero-order valence-electron chi connectivity index (χ0n) is 10.3. The lowest BCUT2D eigenvalue weighted by molar-refractivity contribution is 0.0988. The molecule has 0 saturated heterocycles. The highest BCUT2D eigenvalue weighted by atomic mass is 32.2. The van der Waals surface area contributed by atoms with E-state index in [1.54, 1.807) is 26.0 Å². The number of carbonyl (C=O) groups is 1. The average Bonchev–Trinajstić information content (AvgIpc) is 2.36. The lowest BCUT2D eigenvalue weighted by Crippen LogP contribution is -2.26. The van der Waals surface area contributed by atoms with Crippen molar-refractivity contribution in [1.29, 1.82) is 0 Å². The summed E-state index contributed by atoms with van der Waals surface area (Å²) in [6.07, 6.45) is 0.368. The van der Waals surface area contributed by atoms with E-state index in [0.29, 0.717) is 18.5 Å². The van der Waals surface area contributed by atoms with Crippen molar-refractivity contribution in [3.8, 4) is 0 Å². The van der Waals surface area contributed by atoms with Gasteiger partial charge in [-0.05, 0) is 12.1 Å². The molecule has 4 nitrogen and oxygen atoms in total. The molecule has 1 aromatic carbocycles. The van der Waals surface area contributed by atoms with Crippen LogP contribution < -0.4 is 0 Å². The summed E-state index contributed by atoms with van der Waals surface area (Å²) in [4.78, 5) is 11.7. The second-order valence-corrected chi connectivity index (χ2v) is 5.77. The summed E-state index contributed by atoms with van der Waals surface area (Å²) < 4.78 is 25.3. The molecule has 0 N–H and O–H groups in total. The van der Waals surface area contributed by atoms with Crippen molar-refractivity contribution in [2.75, 3.05) is 13.6 Å². The summed E-state index contributed by atoms with van der Waals surface area (Å²) in [5.41, 5.74) is 0.443. The van der Waals surface area contributed by atoms with Crippen LogP contribution in [0, 0.1) is 0 Å². The molecule has 0 unspecified atom stereocenters. The maximum atomic E-state index is 12.0. The highest BCUT2D eigenvalue weighted by molar-refractivity contribution is 7.89. The van der Waals surface area contributed by atoms with Gasteiger partial charge >= 0.3 is 0 Å². The molecule has 0 aliphatic rings. The molecule has 1 aromatic rings. The second kappa shape index (κ2) is 5.42. The number of ketones is 1. The normalized spacial score (nSPS) is 11.8. The SMILES string of the molecule is CCC(=O)c1cccc(S(=O)(=O)N(C)CC)c1. The van der Waals surface area contributed by atoms with Crippen molar-refractivity contribution in [3.63, 3.8) is 0 Å². The minimum Gasteiger partial charge on any atom is -0.294 e. The van der Waals surface area contributed by atoms with E-state index >= 15 is 0 Å². The first-order valence-corrected chi connectivity index (χ1v) is 6.97. The Morgan fingerprint density at radius 2 is 1.94 bits per heavy atom. The van der Waals surface area contributed by atoms with Crippen LogP contribution in [0.1, 0.15) is 30.6 Å². The summed E-state index contributed by atoms with van der Waals surface area (Å²) in [6, 6.07) is 6.18. The van der Waals surface area contributed by atoms with Gasteiger partial charge in [-0.3, -0.25) is 4.79 Å². The summed E-state index contributed by atoms with van der Waals surface area (Å²) in [7, 11) is -1.95. The predicted octanol–water partition coefficient (Wildman–Crippen LogP) is 1.92. The molecule has 0 saturated carbocycles. The molecule has 0 amide bonds. The number of nitrogens with zero attached hydrogens (tertiary/aromatic N) is 1. The number of carbonyl (C=O) groups excluding carboxylic acids is 1. The Kier molecular flexibility index (Phi) is 4.42. The summed E-state index contributed by atoms with van der Waals surface area (Å²) in [6.45, 7) is 3.91. The fraction of sp³-hybridized carbons (Fsp3) is 0.417. The van der Waals surface area contributed by atoms with Crippen LogP contribution in [0.25, 0.3) is 0 Å². The van der Waals surface area contributed by atoms with Gasteiger partial charge in [-0.25, -0.2) is 12.7 Å². The molecule has 0 aliphatic carbocycles. The van der Waals surface area contributed by atoms with Gasteiger partial charge in [-0.2, -0.15) is 0 Å². The molecular formula is C12H17NO3S. The Bertz CT molecular complexity index is 508. The van der Waals surface area contributed by atoms with Gasteiger partial charge in [0.05, 0.1) is 4.90 Å². The van der Waals surface area contributed by atoms with Crippen LogP contribution in [0.2, 0.25) is 0 Å². The van der Waals surface area contributed by atoms with Crippen molar-refractivity contribution >= 4 is 15.8 Å². The molecule has 0 fully saturated rings. The first-order chi connectivity index (χ1) is 7.93. The maximum Gasteiger partial charge on any atom is 0.242 e. The third kappa shape index (κ3) is 2.92. The van der Waals surface area contributed by atoms with Crippen molar-refractivity contribution in [2.45, 2.75) is 25.2 Å². The summed E-state index contributed by atoms with van der Waals surface area (Å²) >= 11 is 0. The van der Waals surface area contributed by atoms with Crippen LogP contribution in [0.4, 0.5) is 0 Å². The number of Topliss-reactive ketones (excluding diaryl/α,β-unsaturated/α-hetero) is 1. The Balaban J connectivity index is 3.21. The van der Waals surface area contributed by atoms with Gasteiger partial charge in [0.25, 0.3) is 0 Å². The third-order valence-electron chi connectivity index (χ3n) is 2.63. The topological polar surface area (TPSA) is 54.5 Å². The van der Waals surface area contributed by atoms with Gasteiger partial charge in [0.1, 0.15) is 0 Å². The Hall–Kier alpha value is -1.20. The lowest BCUT2D eigenvalue weighted by Gasteiger charge is -2.15. The van der Waals surface area contributed by atoms with Crippen molar-refractivity contribution < 1.29 is 13.2 Å². The van der Waals surface area contributed by atoms with Gasteiger partial charge in [0.15, 0.2) is 5.78 Å². The van der Waals surface area contributed by atoms with E-state index in [-0.39, 0.29) is 10.7 Å². The molecular weight excluding hydrogens is 238 g/mol. The van der Waals surface area contributed by atoms with Crippen LogP contribution in [-0.2, 0) is 10.0 Å². The smallest absolute Gasteiger partial charge is 0.242 e. The number of benzene rings is 1.